The normalized spacial score (nSPS) is 15.0. The van der Waals surface area contributed by atoms with Gasteiger partial charge in [-0.15, -0.1) is 0 Å². The van der Waals surface area contributed by atoms with E-state index in [1.807, 2.05) is 6.07 Å². The van der Waals surface area contributed by atoms with Gasteiger partial charge in [-0.05, 0) is 25.8 Å². The fourth-order valence-corrected chi connectivity index (χ4v) is 1.29. The fourth-order valence-electron chi connectivity index (χ4n) is 1.29. The minimum atomic E-state index is 0.622. The largest absolute Gasteiger partial charge is 0.370 e. The number of rotatable bonds is 6. The van der Waals surface area contributed by atoms with Crippen LogP contribution in [0.1, 0.15) is 19.3 Å². The molecule has 1 aromatic rings. The quantitative estimate of drug-likeness (QED) is 0.602. The molecule has 4 N–H and O–H groups in total. The molecule has 1 heterocycles. The lowest BCUT2D eigenvalue weighted by Crippen LogP contribution is -2.10. The molecule has 0 radical (unpaired) electrons. The van der Waals surface area contributed by atoms with Gasteiger partial charge in [0.05, 0.1) is 0 Å². The van der Waals surface area contributed by atoms with Crippen LogP contribution >= 0.6 is 0 Å². The number of nitrogens with zero attached hydrogens (tertiary/aromatic N) is 2. The smallest absolute Gasteiger partial charge is 0.131 e. The summed E-state index contributed by atoms with van der Waals surface area (Å²) >= 11 is 0. The van der Waals surface area contributed by atoms with Gasteiger partial charge >= 0.3 is 0 Å². The zero-order chi connectivity index (χ0) is 10.5. The summed E-state index contributed by atoms with van der Waals surface area (Å²) in [7, 11) is 0. The van der Waals surface area contributed by atoms with Crippen molar-refractivity contribution >= 4 is 11.6 Å². The van der Waals surface area contributed by atoms with Crippen molar-refractivity contribution in [1.82, 2.24) is 9.97 Å². The van der Waals surface area contributed by atoms with Gasteiger partial charge in [0.2, 0.25) is 0 Å². The van der Waals surface area contributed by atoms with E-state index in [1.54, 1.807) is 6.33 Å². The maximum Gasteiger partial charge on any atom is 0.131 e. The SMILES string of the molecule is NCCCNc1cc(NC2CC2)ncn1. The third-order valence-corrected chi connectivity index (χ3v) is 2.28. The molecule has 0 amide bonds. The Morgan fingerprint density at radius 2 is 2.13 bits per heavy atom. The minimum absolute atomic E-state index is 0.622. The van der Waals surface area contributed by atoms with Crippen LogP contribution < -0.4 is 16.4 Å². The maximum atomic E-state index is 5.41. The van der Waals surface area contributed by atoms with Gasteiger partial charge in [-0.1, -0.05) is 0 Å². The summed E-state index contributed by atoms with van der Waals surface area (Å²) < 4.78 is 0. The number of hydrogen-bond acceptors (Lipinski definition) is 5. The lowest BCUT2D eigenvalue weighted by atomic mass is 10.4. The Morgan fingerprint density at radius 1 is 1.33 bits per heavy atom. The van der Waals surface area contributed by atoms with E-state index in [9.17, 15) is 0 Å². The van der Waals surface area contributed by atoms with Gasteiger partial charge in [0.15, 0.2) is 0 Å². The number of nitrogens with one attached hydrogen (secondary N) is 2. The zero-order valence-electron chi connectivity index (χ0n) is 8.74. The van der Waals surface area contributed by atoms with Crippen LogP contribution in [0.2, 0.25) is 0 Å². The van der Waals surface area contributed by atoms with Crippen LogP contribution in [0.5, 0.6) is 0 Å². The van der Waals surface area contributed by atoms with Crippen molar-refractivity contribution in [2.75, 3.05) is 23.7 Å². The van der Waals surface area contributed by atoms with Gasteiger partial charge in [0, 0.05) is 18.7 Å². The van der Waals surface area contributed by atoms with Gasteiger partial charge in [-0.25, -0.2) is 9.97 Å². The minimum Gasteiger partial charge on any atom is -0.370 e. The number of aromatic nitrogens is 2. The van der Waals surface area contributed by atoms with Crippen molar-refractivity contribution in [3.63, 3.8) is 0 Å². The second kappa shape index (κ2) is 4.93. The summed E-state index contributed by atoms with van der Waals surface area (Å²) in [6, 6.07) is 2.56. The molecule has 1 saturated carbocycles. The van der Waals surface area contributed by atoms with Crippen LogP contribution in [0.3, 0.4) is 0 Å². The first kappa shape index (κ1) is 10.2. The van der Waals surface area contributed by atoms with Gasteiger partial charge in [0.1, 0.15) is 18.0 Å². The molecule has 1 aliphatic carbocycles. The standard InChI is InChI=1S/C10H17N5/c11-4-1-5-12-9-6-10(14-7-13-9)15-8-2-3-8/h6-8H,1-5,11H2,(H2,12,13,14,15). The first-order valence-electron chi connectivity index (χ1n) is 5.41. The number of hydrogen-bond donors (Lipinski definition) is 3. The summed E-state index contributed by atoms with van der Waals surface area (Å²) in [4.78, 5) is 8.30. The number of nitrogens with two attached hydrogens (primary N) is 1. The van der Waals surface area contributed by atoms with Gasteiger partial charge in [0.25, 0.3) is 0 Å². The Kier molecular flexibility index (Phi) is 3.34. The third-order valence-electron chi connectivity index (χ3n) is 2.28. The molecule has 1 aliphatic rings. The van der Waals surface area contributed by atoms with Crippen molar-refractivity contribution in [2.24, 2.45) is 5.73 Å². The van der Waals surface area contributed by atoms with E-state index < -0.39 is 0 Å². The molecule has 0 bridgehead atoms. The van der Waals surface area contributed by atoms with Crippen molar-refractivity contribution in [1.29, 1.82) is 0 Å². The van der Waals surface area contributed by atoms with Gasteiger partial charge in [-0.2, -0.15) is 0 Å². The van der Waals surface area contributed by atoms with E-state index in [1.165, 1.54) is 12.8 Å². The molecule has 0 spiro atoms. The van der Waals surface area contributed by atoms with E-state index in [0.717, 1.165) is 24.6 Å². The summed E-state index contributed by atoms with van der Waals surface area (Å²) in [6.45, 7) is 1.56. The Balaban J connectivity index is 1.86. The molecule has 0 saturated heterocycles. The van der Waals surface area contributed by atoms with Crippen LogP contribution in [0, 0.1) is 0 Å². The highest BCUT2D eigenvalue weighted by Crippen LogP contribution is 2.23. The first-order chi connectivity index (χ1) is 7.38. The summed E-state index contributed by atoms with van der Waals surface area (Å²) in [5, 5.41) is 6.54. The highest BCUT2D eigenvalue weighted by molar-refractivity contribution is 5.47. The fraction of sp³-hybridized carbons (Fsp3) is 0.600. The molecule has 1 fully saturated rings. The van der Waals surface area contributed by atoms with E-state index in [4.69, 9.17) is 5.73 Å². The molecule has 5 nitrogen and oxygen atoms in total. The molecule has 0 unspecified atom stereocenters. The van der Waals surface area contributed by atoms with E-state index in [0.29, 0.717) is 12.6 Å². The van der Waals surface area contributed by atoms with Crippen LogP contribution in [0.25, 0.3) is 0 Å². The van der Waals surface area contributed by atoms with Crippen molar-refractivity contribution < 1.29 is 0 Å². The van der Waals surface area contributed by atoms with E-state index in [-0.39, 0.29) is 0 Å². The predicted octanol–water partition coefficient (Wildman–Crippen LogP) is 0.812. The molecule has 15 heavy (non-hydrogen) atoms. The van der Waals surface area contributed by atoms with Crippen molar-refractivity contribution in [3.8, 4) is 0 Å². The molecule has 0 aromatic carbocycles. The van der Waals surface area contributed by atoms with Crippen molar-refractivity contribution in [2.45, 2.75) is 25.3 Å². The Morgan fingerprint density at radius 3 is 2.87 bits per heavy atom. The Labute approximate surface area is 89.5 Å². The third kappa shape index (κ3) is 3.36. The molecule has 82 valence electrons. The molecular weight excluding hydrogens is 190 g/mol. The Bertz CT molecular complexity index is 310. The predicted molar refractivity (Wildman–Crippen MR) is 60.8 cm³/mol. The summed E-state index contributed by atoms with van der Waals surface area (Å²) in [5.74, 6) is 1.77. The zero-order valence-corrected chi connectivity index (χ0v) is 8.74. The lowest BCUT2D eigenvalue weighted by molar-refractivity contribution is 0.869. The average Bonchev–Trinajstić information content (AvgIpc) is 3.03. The molecule has 5 heteroatoms. The van der Waals surface area contributed by atoms with Gasteiger partial charge < -0.3 is 16.4 Å². The van der Waals surface area contributed by atoms with Crippen LogP contribution in [-0.2, 0) is 0 Å². The summed E-state index contributed by atoms with van der Waals surface area (Å²) in [5.41, 5.74) is 5.41. The highest BCUT2D eigenvalue weighted by Gasteiger charge is 2.21. The average molecular weight is 207 g/mol. The highest BCUT2D eigenvalue weighted by atomic mass is 15.1. The second-order valence-corrected chi connectivity index (χ2v) is 3.78. The first-order valence-corrected chi connectivity index (χ1v) is 5.41. The van der Waals surface area contributed by atoms with Crippen LogP contribution in [0.15, 0.2) is 12.4 Å². The molecule has 0 aliphatic heterocycles. The second-order valence-electron chi connectivity index (χ2n) is 3.78. The van der Waals surface area contributed by atoms with Gasteiger partial charge in [-0.3, -0.25) is 0 Å². The van der Waals surface area contributed by atoms with E-state index >= 15 is 0 Å². The maximum absolute atomic E-state index is 5.41. The number of anilines is 2. The van der Waals surface area contributed by atoms with Crippen LogP contribution in [0.4, 0.5) is 11.6 Å². The Hall–Kier alpha value is -1.36. The van der Waals surface area contributed by atoms with Crippen LogP contribution in [-0.4, -0.2) is 29.1 Å². The molecular formula is C10H17N5. The molecule has 2 rings (SSSR count). The van der Waals surface area contributed by atoms with E-state index in [2.05, 4.69) is 20.6 Å². The molecule has 0 atom stereocenters. The lowest BCUT2D eigenvalue weighted by Gasteiger charge is -2.07. The monoisotopic (exact) mass is 207 g/mol. The molecule has 1 aromatic heterocycles. The topological polar surface area (TPSA) is 75.9 Å². The van der Waals surface area contributed by atoms with Crippen molar-refractivity contribution in [3.05, 3.63) is 12.4 Å². The summed E-state index contributed by atoms with van der Waals surface area (Å²) in [6.07, 6.45) is 5.03.